The Hall–Kier alpha value is -0.310. The minimum atomic E-state index is 0.0682. The molecule has 0 saturated heterocycles. The number of nitrogens with one attached hydrogen (secondary N) is 2. The maximum atomic E-state index is 5.26. The van der Waals surface area contributed by atoms with Crippen LogP contribution in [0.3, 0.4) is 0 Å². The molecule has 0 heterocycles. The van der Waals surface area contributed by atoms with E-state index in [1.54, 1.807) is 0 Å². The van der Waals surface area contributed by atoms with Crippen LogP contribution in [0.4, 0.5) is 0 Å². The van der Waals surface area contributed by atoms with Crippen LogP contribution in [0.1, 0.15) is 52.9 Å². The van der Waals surface area contributed by atoms with E-state index in [2.05, 4.69) is 31.4 Å². The first kappa shape index (κ1) is 11.8. The van der Waals surface area contributed by atoms with E-state index in [4.69, 9.17) is 12.2 Å². The lowest BCUT2D eigenvalue weighted by molar-refractivity contribution is 0.405. The summed E-state index contributed by atoms with van der Waals surface area (Å²) in [4.78, 5) is 0. The van der Waals surface area contributed by atoms with Gasteiger partial charge in [-0.15, -0.1) is 0 Å². The van der Waals surface area contributed by atoms with Gasteiger partial charge >= 0.3 is 0 Å². The van der Waals surface area contributed by atoms with E-state index in [1.807, 2.05) is 0 Å². The van der Waals surface area contributed by atoms with Gasteiger partial charge in [0.15, 0.2) is 5.11 Å². The fourth-order valence-electron chi connectivity index (χ4n) is 1.81. The summed E-state index contributed by atoms with van der Waals surface area (Å²) in [5.41, 5.74) is 0.0682. The lowest BCUT2D eigenvalue weighted by Crippen LogP contribution is -2.49. The highest BCUT2D eigenvalue weighted by atomic mass is 32.1. The molecule has 1 aliphatic carbocycles. The molecule has 3 heteroatoms. The van der Waals surface area contributed by atoms with Gasteiger partial charge in [0, 0.05) is 11.6 Å². The third-order valence-corrected chi connectivity index (χ3v) is 2.65. The molecular formula is C11H22N2S. The topological polar surface area (TPSA) is 24.1 Å². The van der Waals surface area contributed by atoms with Crippen LogP contribution in [0.15, 0.2) is 0 Å². The Bertz CT molecular complexity index is 190. The van der Waals surface area contributed by atoms with Gasteiger partial charge in [-0.3, -0.25) is 0 Å². The molecule has 2 N–H and O–H groups in total. The van der Waals surface area contributed by atoms with Crippen molar-refractivity contribution in [1.29, 1.82) is 0 Å². The summed E-state index contributed by atoms with van der Waals surface area (Å²) in [5, 5.41) is 7.49. The molecule has 0 radical (unpaired) electrons. The highest BCUT2D eigenvalue weighted by Crippen LogP contribution is 2.17. The van der Waals surface area contributed by atoms with E-state index >= 15 is 0 Å². The fourth-order valence-corrected chi connectivity index (χ4v) is 2.28. The number of thiocarbonyl (C=S) groups is 1. The maximum absolute atomic E-state index is 5.26. The second-order valence-corrected chi connectivity index (χ2v) is 5.59. The third-order valence-electron chi connectivity index (χ3n) is 2.43. The molecule has 0 atom stereocenters. The lowest BCUT2D eigenvalue weighted by atomic mass is 9.96. The van der Waals surface area contributed by atoms with Crippen LogP contribution < -0.4 is 10.6 Å². The molecule has 1 rings (SSSR count). The molecule has 1 fully saturated rings. The smallest absolute Gasteiger partial charge is 0.166 e. The normalized spacial score (nSPS) is 19.1. The average molecular weight is 214 g/mol. The Morgan fingerprint density at radius 1 is 1.14 bits per heavy atom. The molecule has 0 aliphatic heterocycles. The Morgan fingerprint density at radius 2 is 1.71 bits per heavy atom. The number of rotatable bonds is 1. The highest BCUT2D eigenvalue weighted by molar-refractivity contribution is 7.80. The van der Waals surface area contributed by atoms with Crippen LogP contribution in [-0.2, 0) is 0 Å². The molecule has 1 aliphatic rings. The van der Waals surface area contributed by atoms with E-state index in [9.17, 15) is 0 Å². The van der Waals surface area contributed by atoms with Crippen molar-refractivity contribution < 1.29 is 0 Å². The zero-order valence-electron chi connectivity index (χ0n) is 9.52. The standard InChI is InChI=1S/C11H22N2S/c1-11(2,3)13-10(14)12-9-7-5-4-6-8-9/h9H,4-8H2,1-3H3,(H2,12,13,14). The first-order valence-corrected chi connectivity index (χ1v) is 5.97. The third kappa shape index (κ3) is 4.80. The molecule has 0 amide bonds. The van der Waals surface area contributed by atoms with Gasteiger partial charge < -0.3 is 10.6 Å². The van der Waals surface area contributed by atoms with Crippen LogP contribution in [0, 0.1) is 0 Å². The van der Waals surface area contributed by atoms with Gasteiger partial charge in [-0.05, 0) is 45.8 Å². The highest BCUT2D eigenvalue weighted by Gasteiger charge is 2.16. The Kier molecular flexibility index (Phi) is 4.17. The van der Waals surface area contributed by atoms with Crippen LogP contribution in [0.2, 0.25) is 0 Å². The molecule has 0 aromatic rings. The SMILES string of the molecule is CC(C)(C)NC(=S)NC1CCCCC1. The van der Waals surface area contributed by atoms with Gasteiger partial charge in [0.1, 0.15) is 0 Å². The van der Waals surface area contributed by atoms with E-state index < -0.39 is 0 Å². The van der Waals surface area contributed by atoms with Crippen molar-refractivity contribution in [3.05, 3.63) is 0 Å². The van der Waals surface area contributed by atoms with Crippen molar-refractivity contribution in [3.8, 4) is 0 Å². The Balaban J connectivity index is 2.25. The summed E-state index contributed by atoms with van der Waals surface area (Å²) >= 11 is 5.26. The van der Waals surface area contributed by atoms with E-state index in [1.165, 1.54) is 32.1 Å². The Morgan fingerprint density at radius 3 is 2.21 bits per heavy atom. The van der Waals surface area contributed by atoms with Gasteiger partial charge in [0.05, 0.1) is 0 Å². The number of hydrogen-bond acceptors (Lipinski definition) is 1. The van der Waals surface area contributed by atoms with Crippen molar-refractivity contribution in [1.82, 2.24) is 10.6 Å². The molecular weight excluding hydrogens is 192 g/mol. The van der Waals surface area contributed by atoms with Crippen molar-refractivity contribution in [2.24, 2.45) is 0 Å². The first-order valence-electron chi connectivity index (χ1n) is 5.56. The second-order valence-electron chi connectivity index (χ2n) is 5.18. The monoisotopic (exact) mass is 214 g/mol. The maximum Gasteiger partial charge on any atom is 0.166 e. The fraction of sp³-hybridized carbons (Fsp3) is 0.909. The van der Waals surface area contributed by atoms with Gasteiger partial charge in [-0.2, -0.15) is 0 Å². The second kappa shape index (κ2) is 4.96. The molecule has 14 heavy (non-hydrogen) atoms. The summed E-state index contributed by atoms with van der Waals surface area (Å²) in [5.74, 6) is 0. The van der Waals surface area contributed by atoms with E-state index in [0.717, 1.165) is 5.11 Å². The predicted octanol–water partition coefficient (Wildman–Crippen LogP) is 2.58. The van der Waals surface area contributed by atoms with Crippen molar-refractivity contribution in [2.45, 2.75) is 64.5 Å². The van der Waals surface area contributed by atoms with E-state index in [-0.39, 0.29) is 5.54 Å². The summed E-state index contributed by atoms with van der Waals surface area (Å²) in [7, 11) is 0. The van der Waals surface area contributed by atoms with Gasteiger partial charge in [-0.25, -0.2) is 0 Å². The van der Waals surface area contributed by atoms with Crippen molar-refractivity contribution >= 4 is 17.3 Å². The van der Waals surface area contributed by atoms with Crippen LogP contribution in [0.5, 0.6) is 0 Å². The lowest BCUT2D eigenvalue weighted by Gasteiger charge is -2.28. The van der Waals surface area contributed by atoms with Crippen molar-refractivity contribution in [3.63, 3.8) is 0 Å². The average Bonchev–Trinajstić information content (AvgIpc) is 2.02. The zero-order chi connectivity index (χ0) is 10.6. The van der Waals surface area contributed by atoms with Crippen LogP contribution in [0.25, 0.3) is 0 Å². The summed E-state index contributed by atoms with van der Waals surface area (Å²) in [6.07, 6.45) is 6.61. The minimum Gasteiger partial charge on any atom is -0.360 e. The minimum absolute atomic E-state index is 0.0682. The molecule has 0 unspecified atom stereocenters. The molecule has 0 bridgehead atoms. The largest absolute Gasteiger partial charge is 0.360 e. The summed E-state index contributed by atoms with van der Waals surface area (Å²) < 4.78 is 0. The van der Waals surface area contributed by atoms with Gasteiger partial charge in [0.2, 0.25) is 0 Å². The summed E-state index contributed by atoms with van der Waals surface area (Å²) in [6.45, 7) is 6.38. The molecule has 0 aromatic carbocycles. The van der Waals surface area contributed by atoms with E-state index in [0.29, 0.717) is 6.04 Å². The molecule has 2 nitrogen and oxygen atoms in total. The van der Waals surface area contributed by atoms with Crippen LogP contribution in [-0.4, -0.2) is 16.7 Å². The molecule has 82 valence electrons. The summed E-state index contributed by atoms with van der Waals surface area (Å²) in [6, 6.07) is 0.603. The zero-order valence-corrected chi connectivity index (χ0v) is 10.3. The number of hydrogen-bond donors (Lipinski definition) is 2. The molecule has 0 spiro atoms. The molecule has 1 saturated carbocycles. The molecule has 0 aromatic heterocycles. The predicted molar refractivity (Wildman–Crippen MR) is 65.5 cm³/mol. The van der Waals surface area contributed by atoms with Crippen molar-refractivity contribution in [2.75, 3.05) is 0 Å². The van der Waals surface area contributed by atoms with Crippen LogP contribution >= 0.6 is 12.2 Å². The first-order chi connectivity index (χ1) is 6.47. The van der Waals surface area contributed by atoms with Gasteiger partial charge in [-0.1, -0.05) is 19.3 Å². The quantitative estimate of drug-likeness (QED) is 0.656. The van der Waals surface area contributed by atoms with Gasteiger partial charge in [0.25, 0.3) is 0 Å². The Labute approximate surface area is 92.8 Å².